The smallest absolute Gasteiger partial charge is 0.236 e. The van der Waals surface area contributed by atoms with Crippen LogP contribution in [0.2, 0.25) is 0 Å². The Labute approximate surface area is 212 Å². The van der Waals surface area contributed by atoms with Gasteiger partial charge in [-0.2, -0.15) is 4.98 Å². The molecule has 3 aromatic rings. The quantitative estimate of drug-likeness (QED) is 0.426. The number of sulfone groups is 1. The van der Waals surface area contributed by atoms with Crippen molar-refractivity contribution in [1.29, 1.82) is 0 Å². The van der Waals surface area contributed by atoms with Gasteiger partial charge >= 0.3 is 0 Å². The highest BCUT2D eigenvalue weighted by Crippen LogP contribution is 2.40. The number of nitrogens with zero attached hydrogens (tertiary/aromatic N) is 2. The van der Waals surface area contributed by atoms with Gasteiger partial charge in [0.05, 0.1) is 11.5 Å². The molecule has 0 radical (unpaired) electrons. The van der Waals surface area contributed by atoms with Gasteiger partial charge in [0.25, 0.3) is 0 Å². The molecule has 0 N–H and O–H groups in total. The second-order valence-corrected chi connectivity index (χ2v) is 11.5. The maximum Gasteiger partial charge on any atom is 0.236 e. The van der Waals surface area contributed by atoms with Gasteiger partial charge in [-0.15, -0.1) is 0 Å². The Balaban J connectivity index is 1.56. The van der Waals surface area contributed by atoms with Crippen LogP contribution in [0, 0.1) is 11.8 Å². The fourth-order valence-electron chi connectivity index (χ4n) is 4.84. The molecule has 1 saturated heterocycles. The fourth-order valence-corrected chi connectivity index (χ4v) is 6.18. The van der Waals surface area contributed by atoms with Gasteiger partial charge in [-0.3, -0.25) is 0 Å². The molecule has 9 heteroatoms. The molecule has 36 heavy (non-hydrogen) atoms. The van der Waals surface area contributed by atoms with Crippen molar-refractivity contribution in [2.45, 2.75) is 43.5 Å². The largest absolute Gasteiger partial charge is 0.494 e. The minimum atomic E-state index is -4.00. The van der Waals surface area contributed by atoms with Crippen LogP contribution in [0.25, 0.3) is 11.5 Å². The zero-order valence-corrected chi connectivity index (χ0v) is 21.7. The zero-order chi connectivity index (χ0) is 25.3. The summed E-state index contributed by atoms with van der Waals surface area (Å²) in [5.74, 6) is 3.04. The summed E-state index contributed by atoms with van der Waals surface area (Å²) in [7, 11) is -4.00. The molecule has 2 unspecified atom stereocenters. The first-order valence-corrected chi connectivity index (χ1v) is 14.0. The Morgan fingerprint density at radius 3 is 2.39 bits per heavy atom. The molecule has 1 fully saturated rings. The maximum atomic E-state index is 13.9. The Kier molecular flexibility index (Phi) is 6.83. The summed E-state index contributed by atoms with van der Waals surface area (Å²) >= 11 is 0. The van der Waals surface area contributed by atoms with Crippen LogP contribution in [0.1, 0.15) is 33.6 Å². The van der Waals surface area contributed by atoms with Crippen LogP contribution in [0.5, 0.6) is 17.2 Å². The molecule has 3 heterocycles. The van der Waals surface area contributed by atoms with Crippen molar-refractivity contribution in [2.24, 2.45) is 11.8 Å². The van der Waals surface area contributed by atoms with Crippen LogP contribution in [0.15, 0.2) is 56.8 Å². The van der Waals surface area contributed by atoms with Crippen LogP contribution >= 0.6 is 0 Å². The molecular formula is C27H32N2O6S. The Bertz CT molecular complexity index is 1310. The molecule has 2 aliphatic heterocycles. The number of rotatable bonds is 7. The average Bonchev–Trinajstić information content (AvgIpc) is 3.33. The van der Waals surface area contributed by atoms with E-state index in [1.807, 2.05) is 29.2 Å². The maximum absolute atomic E-state index is 13.9. The van der Waals surface area contributed by atoms with Crippen LogP contribution in [0.4, 0.5) is 5.88 Å². The SMILES string of the molecule is CCCOc1ccc(-c2nc(S(=O)(=O)c3ccc4c(c3)OCCO4)c(N3CC(C)CC(C)C3)o2)cc1. The third-order valence-corrected chi connectivity index (χ3v) is 8.04. The molecule has 192 valence electrons. The van der Waals surface area contributed by atoms with E-state index in [0.29, 0.717) is 61.8 Å². The van der Waals surface area contributed by atoms with E-state index in [4.69, 9.17) is 18.6 Å². The number of aromatic nitrogens is 1. The predicted octanol–water partition coefficient (Wildman–Crippen LogP) is 5.22. The lowest BCUT2D eigenvalue weighted by Crippen LogP contribution is -2.39. The van der Waals surface area contributed by atoms with Crippen molar-refractivity contribution >= 4 is 15.7 Å². The second-order valence-electron chi connectivity index (χ2n) is 9.66. The summed E-state index contributed by atoms with van der Waals surface area (Å²) in [5, 5.41) is -0.0817. The van der Waals surface area contributed by atoms with Gasteiger partial charge in [0, 0.05) is 24.7 Å². The highest BCUT2D eigenvalue weighted by molar-refractivity contribution is 7.91. The highest BCUT2D eigenvalue weighted by atomic mass is 32.2. The van der Waals surface area contributed by atoms with E-state index in [1.165, 1.54) is 12.1 Å². The number of fused-ring (bicyclic) bond motifs is 1. The van der Waals surface area contributed by atoms with E-state index in [9.17, 15) is 8.42 Å². The third kappa shape index (κ3) is 4.89. The summed E-state index contributed by atoms with van der Waals surface area (Å²) in [4.78, 5) is 6.65. The Hall–Kier alpha value is -3.20. The van der Waals surface area contributed by atoms with E-state index in [2.05, 4.69) is 25.8 Å². The van der Waals surface area contributed by atoms with Gasteiger partial charge in [-0.05, 0) is 61.1 Å². The second kappa shape index (κ2) is 10.0. The van der Waals surface area contributed by atoms with Gasteiger partial charge in [-0.25, -0.2) is 8.42 Å². The van der Waals surface area contributed by atoms with Crippen molar-refractivity contribution < 1.29 is 27.0 Å². The van der Waals surface area contributed by atoms with Crippen molar-refractivity contribution in [3.8, 4) is 28.7 Å². The first kappa shape index (κ1) is 24.5. The number of hydrogen-bond donors (Lipinski definition) is 0. The number of ether oxygens (including phenoxy) is 3. The molecule has 0 aliphatic carbocycles. The number of benzene rings is 2. The van der Waals surface area contributed by atoms with Gasteiger partial charge < -0.3 is 23.5 Å². The van der Waals surface area contributed by atoms with Crippen molar-refractivity contribution in [3.05, 3.63) is 42.5 Å². The molecule has 8 nitrogen and oxygen atoms in total. The lowest BCUT2D eigenvalue weighted by molar-refractivity contribution is 0.171. The highest BCUT2D eigenvalue weighted by Gasteiger charge is 2.35. The van der Waals surface area contributed by atoms with Crippen molar-refractivity contribution in [2.75, 3.05) is 37.8 Å². The summed E-state index contributed by atoms with van der Waals surface area (Å²) in [6, 6.07) is 12.0. The van der Waals surface area contributed by atoms with Crippen LogP contribution in [-0.2, 0) is 9.84 Å². The monoisotopic (exact) mass is 512 g/mol. The van der Waals surface area contributed by atoms with E-state index in [-0.39, 0.29) is 21.7 Å². The normalized spacial score (nSPS) is 19.8. The molecule has 0 saturated carbocycles. The minimum Gasteiger partial charge on any atom is -0.494 e. The number of hydrogen-bond acceptors (Lipinski definition) is 8. The van der Waals surface area contributed by atoms with Crippen molar-refractivity contribution in [3.63, 3.8) is 0 Å². The third-order valence-electron chi connectivity index (χ3n) is 6.39. The zero-order valence-electron chi connectivity index (χ0n) is 20.9. The summed E-state index contributed by atoms with van der Waals surface area (Å²) < 4.78 is 50.9. The molecule has 2 aromatic carbocycles. The van der Waals surface area contributed by atoms with Crippen molar-refractivity contribution in [1.82, 2.24) is 4.98 Å². The van der Waals surface area contributed by atoms with Crippen LogP contribution in [-0.4, -0.2) is 46.3 Å². The topological polar surface area (TPSA) is 91.1 Å². The molecule has 0 spiro atoms. The van der Waals surface area contributed by atoms with Gasteiger partial charge in [0.2, 0.25) is 26.6 Å². The first-order valence-electron chi connectivity index (χ1n) is 12.5. The Morgan fingerprint density at radius 2 is 1.69 bits per heavy atom. The van der Waals surface area contributed by atoms with Crippen LogP contribution < -0.4 is 19.1 Å². The molecule has 2 aliphatic rings. The van der Waals surface area contributed by atoms with E-state index in [1.54, 1.807) is 6.07 Å². The summed E-state index contributed by atoms with van der Waals surface area (Å²) in [6.45, 7) is 9.23. The average molecular weight is 513 g/mol. The molecule has 5 rings (SSSR count). The summed E-state index contributed by atoms with van der Waals surface area (Å²) in [6.07, 6.45) is 2.00. The Morgan fingerprint density at radius 1 is 1.00 bits per heavy atom. The molecular weight excluding hydrogens is 480 g/mol. The lowest BCUT2D eigenvalue weighted by Gasteiger charge is -2.34. The molecule has 2 atom stereocenters. The summed E-state index contributed by atoms with van der Waals surface area (Å²) in [5.41, 5.74) is 0.682. The lowest BCUT2D eigenvalue weighted by atomic mass is 9.92. The molecule has 0 bridgehead atoms. The van der Waals surface area contributed by atoms with Gasteiger partial charge in [-0.1, -0.05) is 20.8 Å². The standard InChI is InChI=1S/C27H32N2O6S/c1-4-11-32-21-7-5-20(6-8-21)25-28-26(27(35-25)29-16-18(2)14-19(3)17-29)36(30,31)22-9-10-23-24(15-22)34-13-12-33-23/h5-10,15,18-19H,4,11-14,16-17H2,1-3H3. The minimum absolute atomic E-state index is 0.0817. The predicted molar refractivity (Wildman–Crippen MR) is 136 cm³/mol. The van der Waals surface area contributed by atoms with E-state index >= 15 is 0 Å². The molecule has 0 amide bonds. The number of anilines is 1. The number of oxazole rings is 1. The van der Waals surface area contributed by atoms with E-state index < -0.39 is 9.84 Å². The van der Waals surface area contributed by atoms with E-state index in [0.717, 1.165) is 18.6 Å². The van der Waals surface area contributed by atoms with Gasteiger partial charge in [0.15, 0.2) is 11.5 Å². The van der Waals surface area contributed by atoms with Crippen LogP contribution in [0.3, 0.4) is 0 Å². The fraction of sp³-hybridized carbons (Fsp3) is 0.444. The first-order chi connectivity index (χ1) is 17.3. The molecule has 1 aromatic heterocycles. The van der Waals surface area contributed by atoms with Gasteiger partial charge in [0.1, 0.15) is 19.0 Å². The number of piperidine rings is 1.